The molecule has 200 valence electrons. The highest BCUT2D eigenvalue weighted by molar-refractivity contribution is 7.10. The predicted molar refractivity (Wildman–Crippen MR) is 147 cm³/mol. The minimum atomic E-state index is -0.234. The molecule has 5 rings (SSSR count). The van der Waals surface area contributed by atoms with Crippen molar-refractivity contribution in [1.82, 2.24) is 9.80 Å². The van der Waals surface area contributed by atoms with Crippen molar-refractivity contribution >= 4 is 23.2 Å². The third kappa shape index (κ3) is 6.03. The number of amides is 2. The molecule has 2 amide bonds. The molecule has 2 aromatic carbocycles. The van der Waals surface area contributed by atoms with Gasteiger partial charge in [0.15, 0.2) is 0 Å². The summed E-state index contributed by atoms with van der Waals surface area (Å²) in [6.45, 7) is 4.00. The van der Waals surface area contributed by atoms with E-state index in [0.717, 1.165) is 36.1 Å². The highest BCUT2D eigenvalue weighted by atomic mass is 32.1. The second kappa shape index (κ2) is 12.0. The Morgan fingerprint density at radius 2 is 1.95 bits per heavy atom. The third-order valence-electron chi connectivity index (χ3n) is 7.22. The lowest BCUT2D eigenvalue weighted by Crippen LogP contribution is -2.49. The van der Waals surface area contributed by atoms with E-state index in [1.54, 1.807) is 23.3 Å². The Morgan fingerprint density at radius 1 is 1.13 bits per heavy atom. The van der Waals surface area contributed by atoms with E-state index in [4.69, 9.17) is 14.2 Å². The molecular formula is C30H34N2O5S. The largest absolute Gasteiger partial charge is 0.497 e. The fourth-order valence-electron chi connectivity index (χ4n) is 5.13. The van der Waals surface area contributed by atoms with Gasteiger partial charge >= 0.3 is 0 Å². The maximum absolute atomic E-state index is 13.8. The zero-order valence-electron chi connectivity index (χ0n) is 21.9. The highest BCUT2D eigenvalue weighted by Crippen LogP contribution is 2.34. The average Bonchev–Trinajstić information content (AvgIpc) is 3.64. The molecule has 0 aliphatic carbocycles. The van der Waals surface area contributed by atoms with Crippen LogP contribution in [0.4, 0.5) is 0 Å². The molecule has 38 heavy (non-hydrogen) atoms. The molecule has 8 heteroatoms. The number of carbonyl (C=O) groups excluding carboxylic acids is 2. The maximum atomic E-state index is 13.8. The molecule has 3 heterocycles. The molecule has 0 saturated carbocycles. The summed E-state index contributed by atoms with van der Waals surface area (Å²) in [7, 11) is 1.62. The molecule has 1 aromatic heterocycles. The summed E-state index contributed by atoms with van der Waals surface area (Å²) >= 11 is 1.71. The van der Waals surface area contributed by atoms with Gasteiger partial charge in [0, 0.05) is 36.2 Å². The number of nitrogens with zero attached hydrogens (tertiary/aromatic N) is 2. The van der Waals surface area contributed by atoms with Crippen LogP contribution < -0.4 is 9.47 Å². The number of rotatable bonds is 9. The van der Waals surface area contributed by atoms with E-state index in [0.29, 0.717) is 37.6 Å². The lowest BCUT2D eigenvalue weighted by atomic mass is 10.00. The summed E-state index contributed by atoms with van der Waals surface area (Å²) in [5, 5.41) is 2.07. The summed E-state index contributed by atoms with van der Waals surface area (Å²) in [6, 6.07) is 16.8. The Balaban J connectivity index is 1.35. The summed E-state index contributed by atoms with van der Waals surface area (Å²) in [4.78, 5) is 32.2. The van der Waals surface area contributed by atoms with Crippen LogP contribution in [0.15, 0.2) is 60.0 Å². The standard InChI is InChI=1S/C30H34N2O5S/c1-21-8-10-22(11-9-21)30(34)31(18-25-7-4-15-36-25)19-29(33)32-14-12-28-26(13-16-38-28)27(32)20-37-24-6-3-5-23(17-24)35-2/h3,5-6,8-11,13,16-17,25,27H,4,7,12,14-15,18-20H2,1-2H3/t25-,27-/m1/s1. The molecule has 2 atom stereocenters. The van der Waals surface area contributed by atoms with Crippen LogP contribution in [0.2, 0.25) is 0 Å². The number of fused-ring (bicyclic) bond motifs is 1. The molecule has 0 radical (unpaired) electrons. The first-order chi connectivity index (χ1) is 18.5. The predicted octanol–water partition coefficient (Wildman–Crippen LogP) is 4.89. The summed E-state index contributed by atoms with van der Waals surface area (Å²) in [6.07, 6.45) is 2.62. The Bertz CT molecular complexity index is 1250. The van der Waals surface area contributed by atoms with Crippen molar-refractivity contribution in [2.24, 2.45) is 0 Å². The quantitative estimate of drug-likeness (QED) is 0.391. The summed E-state index contributed by atoms with van der Waals surface area (Å²) < 4.78 is 17.3. The van der Waals surface area contributed by atoms with Gasteiger partial charge in [-0.1, -0.05) is 23.8 Å². The number of aryl methyl sites for hydroxylation is 1. The minimum Gasteiger partial charge on any atom is -0.497 e. The number of hydrogen-bond acceptors (Lipinski definition) is 6. The van der Waals surface area contributed by atoms with Gasteiger partial charge in [0.2, 0.25) is 5.91 Å². The van der Waals surface area contributed by atoms with E-state index in [-0.39, 0.29) is 30.5 Å². The third-order valence-corrected chi connectivity index (χ3v) is 8.22. The number of carbonyl (C=O) groups is 2. The molecule has 2 aliphatic heterocycles. The Labute approximate surface area is 227 Å². The van der Waals surface area contributed by atoms with Crippen molar-refractivity contribution in [2.45, 2.75) is 38.3 Å². The first-order valence-electron chi connectivity index (χ1n) is 13.1. The fraction of sp³-hybridized carbons (Fsp3) is 0.400. The zero-order valence-corrected chi connectivity index (χ0v) is 22.7. The number of benzene rings is 2. The number of ether oxygens (including phenoxy) is 3. The zero-order chi connectivity index (χ0) is 26.5. The Morgan fingerprint density at radius 3 is 2.71 bits per heavy atom. The molecule has 1 fully saturated rings. The van der Waals surface area contributed by atoms with Crippen molar-refractivity contribution in [3.05, 3.63) is 81.5 Å². The van der Waals surface area contributed by atoms with Crippen molar-refractivity contribution in [2.75, 3.05) is 40.0 Å². The van der Waals surface area contributed by atoms with E-state index >= 15 is 0 Å². The Hall–Kier alpha value is -3.36. The Kier molecular flexibility index (Phi) is 8.29. The smallest absolute Gasteiger partial charge is 0.254 e. The van der Waals surface area contributed by atoms with E-state index in [2.05, 4.69) is 11.4 Å². The van der Waals surface area contributed by atoms with Gasteiger partial charge in [-0.3, -0.25) is 9.59 Å². The van der Waals surface area contributed by atoms with E-state index in [9.17, 15) is 9.59 Å². The van der Waals surface area contributed by atoms with Gasteiger partial charge in [0.1, 0.15) is 24.7 Å². The van der Waals surface area contributed by atoms with Gasteiger partial charge in [0.05, 0.1) is 19.3 Å². The van der Waals surface area contributed by atoms with Gasteiger partial charge in [-0.15, -0.1) is 11.3 Å². The lowest BCUT2D eigenvalue weighted by molar-refractivity contribution is -0.135. The van der Waals surface area contributed by atoms with Gasteiger partial charge in [-0.05, 0) is 67.5 Å². The van der Waals surface area contributed by atoms with Crippen LogP contribution in [0, 0.1) is 6.92 Å². The molecule has 2 aliphatic rings. The molecule has 0 bridgehead atoms. The van der Waals surface area contributed by atoms with Gasteiger partial charge < -0.3 is 24.0 Å². The van der Waals surface area contributed by atoms with Gasteiger partial charge in [0.25, 0.3) is 5.91 Å². The fourth-order valence-corrected chi connectivity index (χ4v) is 6.06. The lowest BCUT2D eigenvalue weighted by Gasteiger charge is -2.37. The van der Waals surface area contributed by atoms with Crippen molar-refractivity contribution in [3.8, 4) is 11.5 Å². The van der Waals surface area contributed by atoms with Crippen molar-refractivity contribution < 1.29 is 23.8 Å². The molecule has 1 saturated heterocycles. The second-order valence-corrected chi connectivity index (χ2v) is 10.8. The van der Waals surface area contributed by atoms with Crippen LogP contribution in [-0.2, 0) is 16.0 Å². The highest BCUT2D eigenvalue weighted by Gasteiger charge is 2.34. The SMILES string of the molecule is COc1cccc(OC[C@@H]2c3ccsc3CCN2C(=O)CN(C[C@H]2CCCO2)C(=O)c2ccc(C)cc2)c1. The molecule has 0 N–H and O–H groups in total. The van der Waals surface area contributed by atoms with Crippen LogP contribution >= 0.6 is 11.3 Å². The monoisotopic (exact) mass is 534 g/mol. The van der Waals surface area contributed by atoms with E-state index in [1.807, 2.05) is 60.4 Å². The van der Waals surface area contributed by atoms with Crippen LogP contribution in [0.1, 0.15) is 45.2 Å². The van der Waals surface area contributed by atoms with Gasteiger partial charge in [-0.25, -0.2) is 0 Å². The molecule has 0 unspecified atom stereocenters. The van der Waals surface area contributed by atoms with E-state index in [1.165, 1.54) is 4.88 Å². The van der Waals surface area contributed by atoms with Crippen LogP contribution in [-0.4, -0.2) is 67.7 Å². The number of hydrogen-bond donors (Lipinski definition) is 0. The second-order valence-electron chi connectivity index (χ2n) is 9.83. The molecular weight excluding hydrogens is 500 g/mol. The summed E-state index contributed by atoms with van der Waals surface area (Å²) in [5.74, 6) is 1.18. The van der Waals surface area contributed by atoms with Crippen LogP contribution in [0.25, 0.3) is 0 Å². The number of thiophene rings is 1. The van der Waals surface area contributed by atoms with Gasteiger partial charge in [-0.2, -0.15) is 0 Å². The van der Waals surface area contributed by atoms with Crippen molar-refractivity contribution in [3.63, 3.8) is 0 Å². The normalized spacial score (nSPS) is 18.6. The first kappa shape index (κ1) is 26.3. The number of methoxy groups -OCH3 is 1. The van der Waals surface area contributed by atoms with Crippen LogP contribution in [0.5, 0.6) is 11.5 Å². The molecule has 0 spiro atoms. The summed E-state index contributed by atoms with van der Waals surface area (Å²) in [5.41, 5.74) is 2.79. The van der Waals surface area contributed by atoms with Crippen LogP contribution in [0.3, 0.4) is 0 Å². The van der Waals surface area contributed by atoms with E-state index < -0.39 is 0 Å². The first-order valence-corrected chi connectivity index (χ1v) is 14.0. The molecule has 7 nitrogen and oxygen atoms in total. The maximum Gasteiger partial charge on any atom is 0.254 e. The average molecular weight is 535 g/mol. The molecule has 3 aromatic rings. The van der Waals surface area contributed by atoms with Crippen molar-refractivity contribution in [1.29, 1.82) is 0 Å². The minimum absolute atomic E-state index is 0.00169. The topological polar surface area (TPSA) is 68.3 Å².